The summed E-state index contributed by atoms with van der Waals surface area (Å²) in [7, 11) is -0.632. The highest BCUT2D eigenvalue weighted by Crippen LogP contribution is 2.62. The van der Waals surface area contributed by atoms with Crippen LogP contribution in [-0.4, -0.2) is 6.26 Å². The van der Waals surface area contributed by atoms with Crippen LogP contribution in [0.2, 0.25) is 0 Å². The molecule has 1 heterocycles. The van der Waals surface area contributed by atoms with Gasteiger partial charge in [-0.15, -0.1) is 8.46 Å². The van der Waals surface area contributed by atoms with E-state index in [1.54, 1.807) is 0 Å². The Bertz CT molecular complexity index is 156. The van der Waals surface area contributed by atoms with Crippen LogP contribution >= 0.6 is 23.3 Å². The van der Waals surface area contributed by atoms with Crippen LogP contribution in [0.5, 0.6) is 0 Å². The van der Waals surface area contributed by atoms with Crippen LogP contribution in [0, 0.1) is 0 Å². The fourth-order valence-electron chi connectivity index (χ4n) is 0.563. The lowest BCUT2D eigenvalue weighted by molar-refractivity contribution is 1.69. The molecule has 0 N–H and O–H groups in total. The molecule has 0 aromatic rings. The van der Waals surface area contributed by atoms with Crippen LogP contribution in [0.3, 0.4) is 0 Å². The molecule has 0 spiro atoms. The average Bonchev–Trinajstić information content (AvgIpc) is 1.86. The standard InChI is InChI=1S/C6H9BrS/c1-6-4-3-5-8(6,2)7/h3-5H,1-2H3. The molecule has 0 aromatic heterocycles. The third-order valence-electron chi connectivity index (χ3n) is 1.29. The first-order valence-electron chi connectivity index (χ1n) is 2.46. The van der Waals surface area contributed by atoms with Crippen LogP contribution in [0.1, 0.15) is 6.92 Å². The second-order valence-corrected chi connectivity index (χ2v) is 8.69. The Labute approximate surface area is 59.2 Å². The van der Waals surface area contributed by atoms with E-state index in [1.165, 1.54) is 4.91 Å². The van der Waals surface area contributed by atoms with E-state index in [1.807, 2.05) is 0 Å². The van der Waals surface area contributed by atoms with Crippen molar-refractivity contribution in [3.05, 3.63) is 22.5 Å². The number of hydrogen-bond acceptors (Lipinski definition) is 0. The second-order valence-electron chi connectivity index (χ2n) is 1.98. The molecule has 1 aliphatic rings. The third kappa shape index (κ3) is 1.00. The minimum absolute atomic E-state index is 0.632. The second kappa shape index (κ2) is 1.92. The summed E-state index contributed by atoms with van der Waals surface area (Å²) in [6.07, 6.45) is 6.49. The predicted octanol–water partition coefficient (Wildman–Crippen LogP) is 3.16. The predicted molar refractivity (Wildman–Crippen MR) is 45.3 cm³/mol. The molecule has 1 unspecified atom stereocenters. The highest BCUT2D eigenvalue weighted by molar-refractivity contribution is 9.59. The molecule has 0 amide bonds. The molecule has 0 bridgehead atoms. The molecule has 1 atom stereocenters. The van der Waals surface area contributed by atoms with Gasteiger partial charge in [-0.25, -0.2) is 0 Å². The van der Waals surface area contributed by atoms with E-state index in [4.69, 9.17) is 0 Å². The van der Waals surface area contributed by atoms with E-state index in [2.05, 4.69) is 45.6 Å². The van der Waals surface area contributed by atoms with Crippen molar-refractivity contribution in [3.63, 3.8) is 0 Å². The number of rotatable bonds is 0. The Kier molecular flexibility index (Phi) is 1.54. The molecule has 2 heteroatoms. The number of allylic oxidation sites excluding steroid dienone is 3. The van der Waals surface area contributed by atoms with E-state index in [0.717, 1.165) is 0 Å². The molecular formula is C6H9BrS. The Morgan fingerprint density at radius 1 is 1.62 bits per heavy atom. The molecule has 0 saturated carbocycles. The van der Waals surface area contributed by atoms with Gasteiger partial charge in [0.25, 0.3) is 0 Å². The summed E-state index contributed by atoms with van der Waals surface area (Å²) in [4.78, 5) is 1.46. The van der Waals surface area contributed by atoms with E-state index in [-0.39, 0.29) is 0 Å². The molecule has 46 valence electrons. The van der Waals surface area contributed by atoms with Crippen LogP contribution in [0.15, 0.2) is 22.5 Å². The Hall–Kier alpha value is 0.310. The lowest BCUT2D eigenvalue weighted by Crippen LogP contribution is -1.77. The topological polar surface area (TPSA) is 0 Å². The van der Waals surface area contributed by atoms with Gasteiger partial charge in [0.2, 0.25) is 0 Å². The molecule has 1 rings (SSSR count). The van der Waals surface area contributed by atoms with Gasteiger partial charge in [0.1, 0.15) is 0 Å². The summed E-state index contributed by atoms with van der Waals surface area (Å²) in [6.45, 7) is 2.16. The first-order valence-corrected chi connectivity index (χ1v) is 6.40. The van der Waals surface area contributed by atoms with Crippen molar-refractivity contribution in [2.24, 2.45) is 0 Å². The van der Waals surface area contributed by atoms with E-state index in [9.17, 15) is 0 Å². The lowest BCUT2D eigenvalue weighted by Gasteiger charge is -2.20. The van der Waals surface area contributed by atoms with Gasteiger partial charge < -0.3 is 0 Å². The summed E-state index contributed by atoms with van der Waals surface area (Å²) in [6, 6.07) is 0. The Morgan fingerprint density at radius 2 is 2.25 bits per heavy atom. The highest BCUT2D eigenvalue weighted by atomic mass is 79.9. The molecule has 0 saturated heterocycles. The van der Waals surface area contributed by atoms with Crippen molar-refractivity contribution >= 4 is 23.3 Å². The Morgan fingerprint density at radius 3 is 2.38 bits per heavy atom. The van der Waals surface area contributed by atoms with Gasteiger partial charge in [-0.05, 0) is 38.3 Å². The van der Waals surface area contributed by atoms with Crippen LogP contribution < -0.4 is 0 Å². The molecule has 0 radical (unpaired) electrons. The maximum atomic E-state index is 3.64. The Balaban J connectivity index is 2.87. The van der Waals surface area contributed by atoms with Crippen molar-refractivity contribution in [3.8, 4) is 0 Å². The molecule has 0 fully saturated rings. The minimum atomic E-state index is -0.632. The summed E-state index contributed by atoms with van der Waals surface area (Å²) >= 11 is 3.64. The SMILES string of the molecule is CC1=CC=CS1(C)Br. The smallest absolute Gasteiger partial charge is 0.0179 e. The van der Waals surface area contributed by atoms with Gasteiger partial charge >= 0.3 is 0 Å². The fraction of sp³-hybridized carbons (Fsp3) is 0.333. The van der Waals surface area contributed by atoms with E-state index in [0.29, 0.717) is 0 Å². The van der Waals surface area contributed by atoms with Gasteiger partial charge in [-0.2, -0.15) is 0 Å². The number of halogens is 1. The van der Waals surface area contributed by atoms with Crippen LogP contribution in [-0.2, 0) is 0 Å². The lowest BCUT2D eigenvalue weighted by atomic mass is 10.5. The van der Waals surface area contributed by atoms with Crippen molar-refractivity contribution in [2.45, 2.75) is 6.92 Å². The first kappa shape index (κ1) is 6.43. The zero-order valence-electron chi connectivity index (χ0n) is 5.02. The van der Waals surface area contributed by atoms with Crippen LogP contribution in [0.25, 0.3) is 0 Å². The third-order valence-corrected chi connectivity index (χ3v) is 5.54. The van der Waals surface area contributed by atoms with Crippen molar-refractivity contribution < 1.29 is 0 Å². The minimum Gasteiger partial charge on any atom is -0.143 e. The van der Waals surface area contributed by atoms with Crippen molar-refractivity contribution in [1.82, 2.24) is 0 Å². The van der Waals surface area contributed by atoms with Gasteiger partial charge in [0.15, 0.2) is 0 Å². The summed E-state index contributed by atoms with van der Waals surface area (Å²) in [5, 5.41) is 2.22. The monoisotopic (exact) mass is 192 g/mol. The summed E-state index contributed by atoms with van der Waals surface area (Å²) in [5.74, 6) is 0. The van der Waals surface area contributed by atoms with Gasteiger partial charge in [-0.1, -0.05) is 12.2 Å². The average molecular weight is 193 g/mol. The molecule has 8 heavy (non-hydrogen) atoms. The molecule has 0 aromatic carbocycles. The zero-order valence-corrected chi connectivity index (χ0v) is 7.42. The van der Waals surface area contributed by atoms with E-state index < -0.39 is 8.46 Å². The summed E-state index contributed by atoms with van der Waals surface area (Å²) < 4.78 is 0. The largest absolute Gasteiger partial charge is 0.143 e. The van der Waals surface area contributed by atoms with Gasteiger partial charge in [-0.3, -0.25) is 0 Å². The normalized spacial score (nSPS) is 43.6. The zero-order chi connectivity index (χ0) is 6.20. The van der Waals surface area contributed by atoms with E-state index >= 15 is 0 Å². The molecule has 0 aliphatic carbocycles. The summed E-state index contributed by atoms with van der Waals surface area (Å²) in [5.41, 5.74) is 0. The molecule has 1 aliphatic heterocycles. The fourth-order valence-corrected chi connectivity index (χ4v) is 2.19. The van der Waals surface area contributed by atoms with Gasteiger partial charge in [0, 0.05) is 0 Å². The van der Waals surface area contributed by atoms with Crippen molar-refractivity contribution in [1.29, 1.82) is 0 Å². The molecule has 0 nitrogen and oxygen atoms in total. The van der Waals surface area contributed by atoms with Crippen molar-refractivity contribution in [2.75, 3.05) is 6.26 Å². The molecular weight excluding hydrogens is 184 g/mol. The maximum Gasteiger partial charge on any atom is -0.0179 e. The van der Waals surface area contributed by atoms with Gasteiger partial charge in [0.05, 0.1) is 0 Å². The van der Waals surface area contributed by atoms with Crippen LogP contribution in [0.4, 0.5) is 0 Å². The first-order chi connectivity index (χ1) is 3.63. The highest BCUT2D eigenvalue weighted by Gasteiger charge is 2.14. The maximum absolute atomic E-state index is 3.64. The quantitative estimate of drug-likeness (QED) is 0.554. The number of hydrogen-bond donors (Lipinski definition) is 0.